The van der Waals surface area contributed by atoms with E-state index in [-0.39, 0.29) is 17.7 Å². The Morgan fingerprint density at radius 3 is 2.50 bits per heavy atom. The van der Waals surface area contributed by atoms with Crippen LogP contribution in [0.3, 0.4) is 0 Å². The summed E-state index contributed by atoms with van der Waals surface area (Å²) in [6.07, 6.45) is -5.98. The maximum Gasteiger partial charge on any atom is 0.573 e. The normalized spacial score (nSPS) is 12.6. The molecule has 0 fully saturated rings. The van der Waals surface area contributed by atoms with Crippen molar-refractivity contribution in [2.45, 2.75) is 12.5 Å². The van der Waals surface area contributed by atoms with Gasteiger partial charge in [-0.2, -0.15) is 0 Å². The summed E-state index contributed by atoms with van der Waals surface area (Å²) in [5, 5.41) is 13.2. The molecule has 9 heteroatoms. The van der Waals surface area contributed by atoms with Crippen LogP contribution >= 0.6 is 0 Å². The van der Waals surface area contributed by atoms with E-state index in [1.54, 1.807) is 24.3 Å². The number of carbonyl (C=O) groups excluding carboxylic acids is 1. The van der Waals surface area contributed by atoms with Gasteiger partial charge >= 0.3 is 6.36 Å². The summed E-state index contributed by atoms with van der Waals surface area (Å²) in [6.45, 7) is -0.232. The molecule has 0 aliphatic rings. The maximum absolute atomic E-state index is 12.3. The third kappa shape index (κ3) is 4.68. The Bertz CT molecular complexity index is 1050. The molecule has 0 spiro atoms. The van der Waals surface area contributed by atoms with E-state index >= 15 is 0 Å². The SMILES string of the molecule is O=C(NCC(O)c1ccc(OC(F)(F)F)cc1)c1cc2ccccc2[nH]c1=O. The minimum absolute atomic E-state index is 0.111. The minimum Gasteiger partial charge on any atom is -0.406 e. The third-order valence-electron chi connectivity index (χ3n) is 3.95. The summed E-state index contributed by atoms with van der Waals surface area (Å²) >= 11 is 0. The third-order valence-corrected chi connectivity index (χ3v) is 3.95. The molecule has 3 aromatic rings. The Kier molecular flexibility index (Phi) is 5.36. The molecule has 0 aliphatic heterocycles. The van der Waals surface area contributed by atoms with Gasteiger partial charge in [0.1, 0.15) is 11.3 Å². The number of hydrogen-bond donors (Lipinski definition) is 3. The van der Waals surface area contributed by atoms with Gasteiger partial charge in [-0.1, -0.05) is 30.3 Å². The number of fused-ring (bicyclic) bond motifs is 1. The number of hydrogen-bond acceptors (Lipinski definition) is 4. The number of halogens is 3. The van der Waals surface area contributed by atoms with Crippen LogP contribution in [0.25, 0.3) is 10.9 Å². The van der Waals surface area contributed by atoms with Crippen LogP contribution in [-0.2, 0) is 0 Å². The second-order valence-electron chi connectivity index (χ2n) is 5.94. The summed E-state index contributed by atoms with van der Waals surface area (Å²) in [5.74, 6) is -1.10. The maximum atomic E-state index is 12.3. The van der Waals surface area contributed by atoms with Crippen LogP contribution in [0.2, 0.25) is 0 Å². The quantitative estimate of drug-likeness (QED) is 0.623. The van der Waals surface area contributed by atoms with Crippen molar-refractivity contribution in [2.24, 2.45) is 0 Å². The van der Waals surface area contributed by atoms with E-state index in [4.69, 9.17) is 0 Å². The van der Waals surface area contributed by atoms with Crippen LogP contribution in [0.4, 0.5) is 13.2 Å². The first-order chi connectivity index (χ1) is 13.2. The van der Waals surface area contributed by atoms with Gasteiger partial charge in [-0.05, 0) is 35.2 Å². The fourth-order valence-corrected chi connectivity index (χ4v) is 2.61. The van der Waals surface area contributed by atoms with E-state index < -0.39 is 29.7 Å². The molecule has 0 bridgehead atoms. The predicted molar refractivity (Wildman–Crippen MR) is 95.0 cm³/mol. The predicted octanol–water partition coefficient (Wildman–Crippen LogP) is 2.89. The zero-order valence-corrected chi connectivity index (χ0v) is 14.3. The number of ether oxygens (including phenoxy) is 1. The highest BCUT2D eigenvalue weighted by Gasteiger charge is 2.31. The molecule has 2 aromatic carbocycles. The molecule has 0 saturated carbocycles. The van der Waals surface area contributed by atoms with Crippen molar-refractivity contribution >= 4 is 16.8 Å². The number of aromatic amines is 1. The molecule has 3 rings (SSSR count). The van der Waals surface area contributed by atoms with E-state index in [9.17, 15) is 27.9 Å². The number of nitrogens with one attached hydrogen (secondary N) is 2. The lowest BCUT2D eigenvalue weighted by Crippen LogP contribution is -2.32. The Labute approximate surface area is 156 Å². The molecule has 0 radical (unpaired) electrons. The molecule has 0 saturated heterocycles. The second-order valence-corrected chi connectivity index (χ2v) is 5.94. The summed E-state index contributed by atoms with van der Waals surface area (Å²) in [6, 6.07) is 13.0. The van der Waals surface area contributed by atoms with Gasteiger partial charge in [0.05, 0.1) is 6.10 Å². The molecule has 146 valence electrons. The first-order valence-electron chi connectivity index (χ1n) is 8.17. The number of aliphatic hydroxyl groups is 1. The van der Waals surface area contributed by atoms with Crippen LogP contribution in [0.15, 0.2) is 59.4 Å². The molecule has 1 aromatic heterocycles. The monoisotopic (exact) mass is 392 g/mol. The van der Waals surface area contributed by atoms with Crippen LogP contribution in [0, 0.1) is 0 Å². The Morgan fingerprint density at radius 1 is 1.14 bits per heavy atom. The fraction of sp³-hybridized carbons (Fsp3) is 0.158. The van der Waals surface area contributed by atoms with Crippen LogP contribution in [0.5, 0.6) is 5.75 Å². The van der Waals surface area contributed by atoms with Gasteiger partial charge in [0.2, 0.25) is 0 Å². The molecule has 6 nitrogen and oxygen atoms in total. The van der Waals surface area contributed by atoms with Gasteiger partial charge in [0.25, 0.3) is 11.5 Å². The summed E-state index contributed by atoms with van der Waals surface area (Å²) in [4.78, 5) is 26.9. The minimum atomic E-state index is -4.80. The molecular weight excluding hydrogens is 377 g/mol. The number of aliphatic hydroxyl groups excluding tert-OH is 1. The van der Waals surface area contributed by atoms with Crippen LogP contribution in [-0.4, -0.2) is 28.9 Å². The number of rotatable bonds is 5. The highest BCUT2D eigenvalue weighted by molar-refractivity contribution is 5.97. The van der Waals surface area contributed by atoms with Crippen molar-refractivity contribution in [3.63, 3.8) is 0 Å². The largest absolute Gasteiger partial charge is 0.573 e. The van der Waals surface area contributed by atoms with Crippen molar-refractivity contribution < 1.29 is 27.8 Å². The second kappa shape index (κ2) is 7.73. The zero-order valence-electron chi connectivity index (χ0n) is 14.3. The van der Waals surface area contributed by atoms with Gasteiger partial charge in [0, 0.05) is 12.1 Å². The molecule has 3 N–H and O–H groups in total. The van der Waals surface area contributed by atoms with Crippen LogP contribution in [0.1, 0.15) is 22.0 Å². The average molecular weight is 392 g/mol. The van der Waals surface area contributed by atoms with E-state index in [0.29, 0.717) is 10.9 Å². The van der Waals surface area contributed by atoms with Crippen molar-refractivity contribution in [1.82, 2.24) is 10.3 Å². The standard InChI is InChI=1S/C19H15F3N2O4/c20-19(21,22)28-13-7-5-11(6-8-13)16(25)10-23-17(26)14-9-12-3-1-2-4-15(12)24-18(14)27/h1-9,16,25H,10H2,(H,23,26)(H,24,27). The van der Waals surface area contributed by atoms with Gasteiger partial charge in [0.15, 0.2) is 0 Å². The Hall–Kier alpha value is -3.33. The van der Waals surface area contributed by atoms with Crippen molar-refractivity contribution in [1.29, 1.82) is 0 Å². The number of benzene rings is 2. The summed E-state index contributed by atoms with van der Waals surface area (Å²) in [5.41, 5.74) is 0.187. The van der Waals surface area contributed by atoms with Crippen LogP contribution < -0.4 is 15.6 Å². The summed E-state index contributed by atoms with van der Waals surface area (Å²) in [7, 11) is 0. The lowest BCUT2D eigenvalue weighted by atomic mass is 10.1. The fourth-order valence-electron chi connectivity index (χ4n) is 2.61. The molecule has 1 atom stereocenters. The highest BCUT2D eigenvalue weighted by Crippen LogP contribution is 2.24. The number of aromatic nitrogens is 1. The lowest BCUT2D eigenvalue weighted by Gasteiger charge is -2.14. The Morgan fingerprint density at radius 2 is 1.82 bits per heavy atom. The first kappa shape index (κ1) is 19.4. The van der Waals surface area contributed by atoms with E-state index in [1.165, 1.54) is 18.2 Å². The zero-order chi connectivity index (χ0) is 20.3. The molecule has 28 heavy (non-hydrogen) atoms. The topological polar surface area (TPSA) is 91.4 Å². The van der Waals surface area contributed by atoms with Gasteiger partial charge in [-0.3, -0.25) is 9.59 Å². The molecular formula is C19H15F3N2O4. The smallest absolute Gasteiger partial charge is 0.406 e. The summed E-state index contributed by atoms with van der Waals surface area (Å²) < 4.78 is 40.2. The van der Waals surface area contributed by atoms with Gasteiger partial charge < -0.3 is 20.1 Å². The number of amides is 1. The number of alkyl halides is 3. The average Bonchev–Trinajstić information content (AvgIpc) is 2.64. The van der Waals surface area contributed by atoms with Gasteiger partial charge in [-0.25, -0.2) is 0 Å². The van der Waals surface area contributed by atoms with Crippen molar-refractivity contribution in [2.75, 3.05) is 6.54 Å². The molecule has 0 aliphatic carbocycles. The molecule has 1 amide bonds. The number of H-pyrrole nitrogens is 1. The van der Waals surface area contributed by atoms with Crippen molar-refractivity contribution in [3.8, 4) is 5.75 Å². The first-order valence-corrected chi connectivity index (χ1v) is 8.17. The number of carbonyl (C=O) groups is 1. The number of para-hydroxylation sites is 1. The Balaban J connectivity index is 1.66. The van der Waals surface area contributed by atoms with E-state index in [1.807, 2.05) is 0 Å². The molecule has 1 unspecified atom stereocenters. The van der Waals surface area contributed by atoms with E-state index in [2.05, 4.69) is 15.0 Å². The lowest BCUT2D eigenvalue weighted by molar-refractivity contribution is -0.274. The van der Waals surface area contributed by atoms with Crippen molar-refractivity contribution in [3.05, 3.63) is 76.1 Å². The van der Waals surface area contributed by atoms with E-state index in [0.717, 1.165) is 12.1 Å². The van der Waals surface area contributed by atoms with Gasteiger partial charge in [-0.15, -0.1) is 13.2 Å². The highest BCUT2D eigenvalue weighted by atomic mass is 19.4. The molecule has 1 heterocycles. The number of pyridine rings is 1.